The number of hydrogen-bond donors (Lipinski definition) is 1. The average molecular weight is 272 g/mol. The van der Waals surface area contributed by atoms with Gasteiger partial charge in [-0.25, -0.2) is 0 Å². The van der Waals surface area contributed by atoms with Gasteiger partial charge in [-0.3, -0.25) is 0 Å². The fourth-order valence-electron chi connectivity index (χ4n) is 2.67. The van der Waals surface area contributed by atoms with Gasteiger partial charge in [-0.1, -0.05) is 35.9 Å². The van der Waals surface area contributed by atoms with Crippen LogP contribution in [0.2, 0.25) is 0 Å². The van der Waals surface area contributed by atoms with Crippen LogP contribution in [0.1, 0.15) is 33.9 Å². The van der Waals surface area contributed by atoms with Crippen LogP contribution in [0.25, 0.3) is 0 Å². The summed E-state index contributed by atoms with van der Waals surface area (Å²) >= 11 is 1.67. The Balaban J connectivity index is 2.53. The van der Waals surface area contributed by atoms with Crippen molar-refractivity contribution in [3.63, 3.8) is 0 Å². The molecule has 1 atom stereocenters. The van der Waals surface area contributed by atoms with Crippen molar-refractivity contribution in [2.45, 2.75) is 31.8 Å². The van der Waals surface area contributed by atoms with Crippen molar-refractivity contribution in [2.24, 2.45) is 0 Å². The van der Waals surface area contributed by atoms with E-state index in [0.717, 1.165) is 27.1 Å². The first kappa shape index (κ1) is 14.2. The van der Waals surface area contributed by atoms with Gasteiger partial charge in [-0.2, -0.15) is 0 Å². The standard InChI is InChI=1S/C17H20OS/c1-11-9-12(2)16(13(3)10-11)17(18)14-7-5-6-8-15(14)19-4/h5-10,17-18H,1-4H3. The largest absolute Gasteiger partial charge is 0.384 e. The summed E-state index contributed by atoms with van der Waals surface area (Å²) in [7, 11) is 0. The first-order chi connectivity index (χ1) is 9.04. The number of rotatable bonds is 3. The SMILES string of the molecule is CSc1ccccc1C(O)c1c(C)cc(C)cc1C. The normalized spacial score (nSPS) is 12.5. The van der Waals surface area contributed by atoms with E-state index in [1.54, 1.807) is 11.8 Å². The highest BCUT2D eigenvalue weighted by molar-refractivity contribution is 7.98. The van der Waals surface area contributed by atoms with E-state index in [9.17, 15) is 5.11 Å². The molecule has 19 heavy (non-hydrogen) atoms. The lowest BCUT2D eigenvalue weighted by atomic mass is 9.92. The molecule has 2 aromatic carbocycles. The van der Waals surface area contributed by atoms with Crippen LogP contribution < -0.4 is 0 Å². The van der Waals surface area contributed by atoms with Gasteiger partial charge < -0.3 is 5.11 Å². The minimum atomic E-state index is -0.552. The molecule has 0 amide bonds. The fourth-order valence-corrected chi connectivity index (χ4v) is 3.30. The maximum atomic E-state index is 10.7. The quantitative estimate of drug-likeness (QED) is 0.835. The molecule has 0 saturated carbocycles. The summed E-state index contributed by atoms with van der Waals surface area (Å²) in [5.41, 5.74) is 5.57. The first-order valence-electron chi connectivity index (χ1n) is 6.43. The fraction of sp³-hybridized carbons (Fsp3) is 0.294. The van der Waals surface area contributed by atoms with Gasteiger partial charge in [0.1, 0.15) is 6.10 Å². The van der Waals surface area contributed by atoms with Crippen molar-refractivity contribution in [1.82, 2.24) is 0 Å². The summed E-state index contributed by atoms with van der Waals surface area (Å²) in [6.45, 7) is 6.23. The predicted octanol–water partition coefficient (Wildman–Crippen LogP) is 4.42. The van der Waals surface area contributed by atoms with Crippen LogP contribution in [-0.4, -0.2) is 11.4 Å². The van der Waals surface area contributed by atoms with Crippen molar-refractivity contribution >= 4 is 11.8 Å². The average Bonchev–Trinajstić information content (AvgIpc) is 2.37. The Morgan fingerprint density at radius 2 is 1.58 bits per heavy atom. The summed E-state index contributed by atoms with van der Waals surface area (Å²) in [5, 5.41) is 10.7. The minimum absolute atomic E-state index is 0.552. The van der Waals surface area contributed by atoms with Crippen molar-refractivity contribution in [2.75, 3.05) is 6.26 Å². The molecule has 1 unspecified atom stereocenters. The molecule has 0 bridgehead atoms. The molecule has 0 radical (unpaired) electrons. The molecule has 0 fully saturated rings. The van der Waals surface area contributed by atoms with Crippen LogP contribution in [0.4, 0.5) is 0 Å². The highest BCUT2D eigenvalue weighted by atomic mass is 32.2. The zero-order chi connectivity index (χ0) is 14.0. The third-order valence-electron chi connectivity index (χ3n) is 3.44. The number of hydrogen-bond acceptors (Lipinski definition) is 2. The van der Waals surface area contributed by atoms with Crippen LogP contribution in [0.5, 0.6) is 0 Å². The molecule has 0 saturated heterocycles. The van der Waals surface area contributed by atoms with Crippen molar-refractivity contribution in [3.05, 3.63) is 64.2 Å². The molecule has 0 spiro atoms. The van der Waals surface area contributed by atoms with Gasteiger partial charge in [-0.05, 0) is 55.3 Å². The third kappa shape index (κ3) is 2.85. The Kier molecular flexibility index (Phi) is 4.33. The molecule has 0 aliphatic carbocycles. The third-order valence-corrected chi connectivity index (χ3v) is 4.26. The smallest absolute Gasteiger partial charge is 0.106 e. The van der Waals surface area contributed by atoms with Crippen LogP contribution >= 0.6 is 11.8 Å². The predicted molar refractivity (Wildman–Crippen MR) is 82.9 cm³/mol. The monoisotopic (exact) mass is 272 g/mol. The van der Waals surface area contributed by atoms with E-state index in [2.05, 4.69) is 39.0 Å². The highest BCUT2D eigenvalue weighted by Crippen LogP contribution is 2.33. The molecular formula is C17H20OS. The number of aliphatic hydroxyl groups excluding tert-OH is 1. The van der Waals surface area contributed by atoms with Crippen LogP contribution in [0, 0.1) is 20.8 Å². The highest BCUT2D eigenvalue weighted by Gasteiger charge is 2.18. The van der Waals surface area contributed by atoms with E-state index in [1.165, 1.54) is 5.56 Å². The topological polar surface area (TPSA) is 20.2 Å². The number of aliphatic hydroxyl groups is 1. The Labute approximate surface area is 119 Å². The van der Waals surface area contributed by atoms with Gasteiger partial charge in [0, 0.05) is 4.90 Å². The molecule has 0 aliphatic rings. The molecule has 2 heteroatoms. The first-order valence-corrected chi connectivity index (χ1v) is 7.65. The van der Waals surface area contributed by atoms with E-state index < -0.39 is 6.10 Å². The summed E-state index contributed by atoms with van der Waals surface area (Å²) in [5.74, 6) is 0. The van der Waals surface area contributed by atoms with Crippen molar-refractivity contribution in [1.29, 1.82) is 0 Å². The maximum Gasteiger partial charge on any atom is 0.106 e. The molecule has 100 valence electrons. The number of aryl methyl sites for hydroxylation is 3. The lowest BCUT2D eigenvalue weighted by molar-refractivity contribution is 0.216. The van der Waals surface area contributed by atoms with E-state index in [0.29, 0.717) is 0 Å². The van der Waals surface area contributed by atoms with Crippen LogP contribution in [0.15, 0.2) is 41.3 Å². The Hall–Kier alpha value is -1.25. The van der Waals surface area contributed by atoms with E-state index in [-0.39, 0.29) is 0 Å². The van der Waals surface area contributed by atoms with Crippen molar-refractivity contribution < 1.29 is 5.11 Å². The van der Waals surface area contributed by atoms with Crippen LogP contribution in [-0.2, 0) is 0 Å². The molecule has 0 heterocycles. The second-order valence-electron chi connectivity index (χ2n) is 4.96. The molecular weight excluding hydrogens is 252 g/mol. The summed E-state index contributed by atoms with van der Waals surface area (Å²) in [4.78, 5) is 1.13. The molecule has 1 N–H and O–H groups in total. The number of thioether (sulfide) groups is 1. The molecule has 0 aromatic heterocycles. The minimum Gasteiger partial charge on any atom is -0.384 e. The second kappa shape index (κ2) is 5.81. The van der Waals surface area contributed by atoms with E-state index in [4.69, 9.17) is 0 Å². The number of benzene rings is 2. The molecule has 2 rings (SSSR count). The van der Waals surface area contributed by atoms with Gasteiger partial charge in [-0.15, -0.1) is 11.8 Å². The van der Waals surface area contributed by atoms with Crippen LogP contribution in [0.3, 0.4) is 0 Å². The Morgan fingerprint density at radius 1 is 1.00 bits per heavy atom. The molecule has 1 nitrogen and oxygen atoms in total. The lowest BCUT2D eigenvalue weighted by Crippen LogP contribution is -2.06. The van der Waals surface area contributed by atoms with Gasteiger partial charge in [0.25, 0.3) is 0 Å². The zero-order valence-corrected chi connectivity index (χ0v) is 12.7. The van der Waals surface area contributed by atoms with E-state index in [1.807, 2.05) is 24.5 Å². The lowest BCUT2D eigenvalue weighted by Gasteiger charge is -2.19. The van der Waals surface area contributed by atoms with E-state index >= 15 is 0 Å². The van der Waals surface area contributed by atoms with Crippen molar-refractivity contribution in [3.8, 4) is 0 Å². The van der Waals surface area contributed by atoms with Gasteiger partial charge >= 0.3 is 0 Å². The Bertz CT molecular complexity index is 567. The zero-order valence-electron chi connectivity index (χ0n) is 11.9. The van der Waals surface area contributed by atoms with Gasteiger partial charge in [0.05, 0.1) is 0 Å². The molecule has 2 aromatic rings. The molecule has 0 aliphatic heterocycles. The summed E-state index contributed by atoms with van der Waals surface area (Å²) in [6, 6.07) is 12.3. The van der Waals surface area contributed by atoms with Gasteiger partial charge in [0.15, 0.2) is 0 Å². The van der Waals surface area contributed by atoms with Gasteiger partial charge in [0.2, 0.25) is 0 Å². The second-order valence-corrected chi connectivity index (χ2v) is 5.80. The Morgan fingerprint density at radius 3 is 2.16 bits per heavy atom. The summed E-state index contributed by atoms with van der Waals surface area (Å²) < 4.78 is 0. The summed E-state index contributed by atoms with van der Waals surface area (Å²) in [6.07, 6.45) is 1.49. The maximum absolute atomic E-state index is 10.7.